The molecule has 2 amide bonds. The fourth-order valence-electron chi connectivity index (χ4n) is 3.78. The lowest BCUT2D eigenvalue weighted by atomic mass is 10.0. The van der Waals surface area contributed by atoms with E-state index in [4.69, 9.17) is 0 Å². The van der Waals surface area contributed by atoms with Gasteiger partial charge in [0.25, 0.3) is 5.91 Å². The Kier molecular flexibility index (Phi) is 6.65. The minimum atomic E-state index is -4.49. The van der Waals surface area contributed by atoms with Crippen LogP contribution in [0.1, 0.15) is 32.4 Å². The van der Waals surface area contributed by atoms with Crippen molar-refractivity contribution in [2.45, 2.75) is 24.5 Å². The SMILES string of the molecule is Cc1ccccc1C(=O)N1C(C(=O)Nc2ccccc2F)CSC1c1ccc(C(F)(F)F)cc1. The molecule has 3 aromatic carbocycles. The largest absolute Gasteiger partial charge is 0.416 e. The third-order valence-electron chi connectivity index (χ3n) is 5.57. The molecule has 0 radical (unpaired) electrons. The van der Waals surface area contributed by atoms with Gasteiger partial charge in [0.05, 0.1) is 11.3 Å². The molecule has 4 rings (SSSR count). The molecular formula is C25H20F4N2O2S. The van der Waals surface area contributed by atoms with Gasteiger partial charge in [-0.3, -0.25) is 9.59 Å². The van der Waals surface area contributed by atoms with Gasteiger partial charge in [-0.2, -0.15) is 13.2 Å². The van der Waals surface area contributed by atoms with E-state index in [0.29, 0.717) is 16.7 Å². The molecule has 0 saturated carbocycles. The molecule has 1 saturated heterocycles. The summed E-state index contributed by atoms with van der Waals surface area (Å²) in [5.74, 6) is -1.42. The van der Waals surface area contributed by atoms with E-state index in [1.54, 1.807) is 37.3 Å². The summed E-state index contributed by atoms with van der Waals surface area (Å²) in [4.78, 5) is 28.1. The monoisotopic (exact) mass is 488 g/mol. The van der Waals surface area contributed by atoms with Crippen molar-refractivity contribution in [2.75, 3.05) is 11.1 Å². The molecule has 1 aliphatic rings. The zero-order valence-corrected chi connectivity index (χ0v) is 18.8. The van der Waals surface area contributed by atoms with Gasteiger partial charge in [-0.1, -0.05) is 42.5 Å². The number of thioether (sulfide) groups is 1. The van der Waals surface area contributed by atoms with Crippen LogP contribution in [0.4, 0.5) is 23.2 Å². The van der Waals surface area contributed by atoms with E-state index < -0.39 is 40.8 Å². The highest BCUT2D eigenvalue weighted by molar-refractivity contribution is 7.99. The van der Waals surface area contributed by atoms with Crippen molar-refractivity contribution >= 4 is 29.3 Å². The zero-order valence-electron chi connectivity index (χ0n) is 18.0. The van der Waals surface area contributed by atoms with Crippen LogP contribution in [0.2, 0.25) is 0 Å². The first-order chi connectivity index (χ1) is 16.2. The van der Waals surface area contributed by atoms with E-state index in [2.05, 4.69) is 5.32 Å². The summed E-state index contributed by atoms with van der Waals surface area (Å²) in [6.07, 6.45) is -4.49. The molecule has 1 N–H and O–H groups in total. The Morgan fingerprint density at radius 1 is 0.971 bits per heavy atom. The molecular weight excluding hydrogens is 468 g/mol. The van der Waals surface area contributed by atoms with E-state index in [1.807, 2.05) is 0 Å². The molecule has 3 aromatic rings. The molecule has 1 fully saturated rings. The van der Waals surface area contributed by atoms with Crippen LogP contribution < -0.4 is 5.32 Å². The lowest BCUT2D eigenvalue weighted by Gasteiger charge is -2.30. The number of anilines is 1. The van der Waals surface area contributed by atoms with E-state index in [-0.39, 0.29) is 11.4 Å². The molecule has 2 atom stereocenters. The Morgan fingerprint density at radius 2 is 1.62 bits per heavy atom. The Labute approximate surface area is 198 Å². The van der Waals surface area contributed by atoms with Gasteiger partial charge in [0, 0.05) is 11.3 Å². The number of carbonyl (C=O) groups is 2. The minimum absolute atomic E-state index is 0.0150. The molecule has 9 heteroatoms. The molecule has 4 nitrogen and oxygen atoms in total. The molecule has 0 spiro atoms. The number of carbonyl (C=O) groups excluding carboxylic acids is 2. The standard InChI is InChI=1S/C25H20F4N2O2S/c1-15-6-2-3-7-18(15)23(33)31-21(22(32)30-20-9-5-4-8-19(20)26)14-34-24(31)16-10-12-17(13-11-16)25(27,28)29/h2-13,21,24H,14H2,1H3,(H,30,32). The van der Waals surface area contributed by atoms with Crippen molar-refractivity contribution in [3.05, 3.63) is 101 Å². The summed E-state index contributed by atoms with van der Waals surface area (Å²) in [7, 11) is 0. The van der Waals surface area contributed by atoms with Crippen LogP contribution in [-0.2, 0) is 11.0 Å². The predicted molar refractivity (Wildman–Crippen MR) is 123 cm³/mol. The molecule has 0 aromatic heterocycles. The summed E-state index contributed by atoms with van der Waals surface area (Å²) in [5.41, 5.74) is 0.721. The van der Waals surface area contributed by atoms with Crippen molar-refractivity contribution < 1.29 is 27.2 Å². The third kappa shape index (κ3) is 4.79. The second kappa shape index (κ2) is 9.50. The second-order valence-corrected chi connectivity index (χ2v) is 8.93. The highest BCUT2D eigenvalue weighted by Crippen LogP contribution is 2.43. The van der Waals surface area contributed by atoms with Crippen LogP contribution in [-0.4, -0.2) is 28.5 Å². The normalized spacial score (nSPS) is 18.1. The van der Waals surface area contributed by atoms with Crippen molar-refractivity contribution in [1.82, 2.24) is 4.90 Å². The van der Waals surface area contributed by atoms with Crippen molar-refractivity contribution in [2.24, 2.45) is 0 Å². The van der Waals surface area contributed by atoms with Gasteiger partial charge in [0.2, 0.25) is 5.91 Å². The highest BCUT2D eigenvalue weighted by atomic mass is 32.2. The highest BCUT2D eigenvalue weighted by Gasteiger charge is 2.43. The summed E-state index contributed by atoms with van der Waals surface area (Å²) in [6.45, 7) is 1.76. The Balaban J connectivity index is 1.69. The van der Waals surface area contributed by atoms with E-state index in [1.165, 1.54) is 47.0 Å². The fourth-order valence-corrected chi connectivity index (χ4v) is 5.21. The first-order valence-corrected chi connectivity index (χ1v) is 11.4. The molecule has 0 aliphatic carbocycles. The van der Waals surface area contributed by atoms with Crippen LogP contribution in [0.25, 0.3) is 0 Å². The second-order valence-electron chi connectivity index (χ2n) is 7.82. The van der Waals surface area contributed by atoms with Gasteiger partial charge in [-0.15, -0.1) is 11.8 Å². The maximum Gasteiger partial charge on any atom is 0.416 e. The summed E-state index contributed by atoms with van der Waals surface area (Å²) < 4.78 is 53.2. The van der Waals surface area contributed by atoms with Gasteiger partial charge in [0.1, 0.15) is 17.2 Å². The number of benzene rings is 3. The quantitative estimate of drug-likeness (QED) is 0.455. The number of hydrogen-bond acceptors (Lipinski definition) is 3. The molecule has 1 heterocycles. The van der Waals surface area contributed by atoms with E-state index >= 15 is 0 Å². The maximum absolute atomic E-state index is 14.1. The van der Waals surface area contributed by atoms with E-state index in [0.717, 1.165) is 12.1 Å². The van der Waals surface area contributed by atoms with Gasteiger partial charge in [0.15, 0.2) is 0 Å². The van der Waals surface area contributed by atoms with Crippen LogP contribution in [0, 0.1) is 12.7 Å². The molecule has 0 bridgehead atoms. The van der Waals surface area contributed by atoms with Crippen LogP contribution >= 0.6 is 11.8 Å². The van der Waals surface area contributed by atoms with Crippen molar-refractivity contribution in [1.29, 1.82) is 0 Å². The smallest absolute Gasteiger partial charge is 0.322 e. The van der Waals surface area contributed by atoms with Gasteiger partial charge in [-0.05, 0) is 48.4 Å². The lowest BCUT2D eigenvalue weighted by molar-refractivity contribution is -0.137. The number of alkyl halides is 3. The number of nitrogens with one attached hydrogen (secondary N) is 1. The van der Waals surface area contributed by atoms with Gasteiger partial charge < -0.3 is 10.2 Å². The summed E-state index contributed by atoms with van der Waals surface area (Å²) >= 11 is 1.27. The number of hydrogen-bond donors (Lipinski definition) is 1. The Hall–Kier alpha value is -3.33. The van der Waals surface area contributed by atoms with Crippen LogP contribution in [0.15, 0.2) is 72.8 Å². The van der Waals surface area contributed by atoms with Gasteiger partial charge >= 0.3 is 6.18 Å². The first kappa shape index (κ1) is 23.8. The number of amides is 2. The predicted octanol–water partition coefficient (Wildman–Crippen LogP) is 6.05. The van der Waals surface area contributed by atoms with Crippen LogP contribution in [0.3, 0.4) is 0 Å². The number of nitrogens with zero attached hydrogens (tertiary/aromatic N) is 1. The summed E-state index contributed by atoms with van der Waals surface area (Å²) in [6, 6.07) is 16.2. The molecule has 2 unspecified atom stereocenters. The number of para-hydroxylation sites is 1. The van der Waals surface area contributed by atoms with Crippen molar-refractivity contribution in [3.63, 3.8) is 0 Å². The Morgan fingerprint density at radius 3 is 2.26 bits per heavy atom. The molecule has 176 valence electrons. The number of halogens is 4. The molecule has 1 aliphatic heterocycles. The first-order valence-electron chi connectivity index (χ1n) is 10.4. The zero-order chi connectivity index (χ0) is 24.5. The molecule has 34 heavy (non-hydrogen) atoms. The average molecular weight is 489 g/mol. The topological polar surface area (TPSA) is 49.4 Å². The summed E-state index contributed by atoms with van der Waals surface area (Å²) in [5, 5.41) is 1.85. The van der Waals surface area contributed by atoms with Crippen LogP contribution in [0.5, 0.6) is 0 Å². The lowest BCUT2D eigenvalue weighted by Crippen LogP contribution is -2.45. The minimum Gasteiger partial charge on any atom is -0.322 e. The number of rotatable bonds is 4. The number of aryl methyl sites for hydroxylation is 1. The fraction of sp³-hybridized carbons (Fsp3) is 0.200. The third-order valence-corrected chi connectivity index (χ3v) is 6.89. The van der Waals surface area contributed by atoms with Crippen molar-refractivity contribution in [3.8, 4) is 0 Å². The average Bonchev–Trinajstić information content (AvgIpc) is 3.25. The van der Waals surface area contributed by atoms with E-state index in [9.17, 15) is 27.2 Å². The Bertz CT molecular complexity index is 1210. The van der Waals surface area contributed by atoms with Gasteiger partial charge in [-0.25, -0.2) is 4.39 Å². The maximum atomic E-state index is 14.1.